The molecule has 0 saturated carbocycles. The third kappa shape index (κ3) is 3.09. The molecule has 2 rings (SSSR count). The summed E-state index contributed by atoms with van der Waals surface area (Å²) >= 11 is 0. The molecule has 0 amide bonds. The molecule has 1 saturated heterocycles. The van der Waals surface area contributed by atoms with Gasteiger partial charge >= 0.3 is 0 Å². The van der Waals surface area contributed by atoms with Crippen molar-refractivity contribution in [3.8, 4) is 5.75 Å². The molecule has 3 nitrogen and oxygen atoms in total. The van der Waals surface area contributed by atoms with Crippen molar-refractivity contribution < 1.29 is 9.13 Å². The number of likely N-dealkylation sites (tertiary alicyclic amines) is 1. The molecule has 0 aliphatic carbocycles. The summed E-state index contributed by atoms with van der Waals surface area (Å²) in [5, 5.41) is 0. The average molecular weight is 238 g/mol. The third-order valence-electron chi connectivity index (χ3n) is 3.30. The van der Waals surface area contributed by atoms with Gasteiger partial charge in [0.1, 0.15) is 0 Å². The highest BCUT2D eigenvalue weighted by Crippen LogP contribution is 2.26. The van der Waals surface area contributed by atoms with Crippen molar-refractivity contribution in [1.29, 1.82) is 0 Å². The van der Waals surface area contributed by atoms with Gasteiger partial charge in [0.05, 0.1) is 12.3 Å². The Morgan fingerprint density at radius 3 is 2.76 bits per heavy atom. The number of para-hydroxylation sites is 1. The topological polar surface area (TPSA) is 38.5 Å². The summed E-state index contributed by atoms with van der Waals surface area (Å²) < 4.78 is 19.0. The number of piperidine rings is 1. The second kappa shape index (κ2) is 5.36. The van der Waals surface area contributed by atoms with Gasteiger partial charge in [-0.05, 0) is 51.0 Å². The zero-order valence-electron chi connectivity index (χ0n) is 10.2. The van der Waals surface area contributed by atoms with Crippen molar-refractivity contribution in [2.45, 2.75) is 12.8 Å². The van der Waals surface area contributed by atoms with E-state index >= 15 is 0 Å². The molecule has 0 unspecified atom stereocenters. The van der Waals surface area contributed by atoms with Gasteiger partial charge in [0, 0.05) is 0 Å². The van der Waals surface area contributed by atoms with E-state index in [1.54, 1.807) is 12.1 Å². The Labute approximate surface area is 101 Å². The first-order chi connectivity index (χ1) is 8.16. The van der Waals surface area contributed by atoms with Gasteiger partial charge in [0.15, 0.2) is 11.6 Å². The molecule has 2 N–H and O–H groups in total. The minimum atomic E-state index is -0.377. The van der Waals surface area contributed by atoms with Crippen molar-refractivity contribution >= 4 is 5.69 Å². The first-order valence-corrected chi connectivity index (χ1v) is 6.02. The number of rotatable bonds is 3. The van der Waals surface area contributed by atoms with Crippen LogP contribution in [0.1, 0.15) is 12.8 Å². The van der Waals surface area contributed by atoms with E-state index in [-0.39, 0.29) is 11.6 Å². The summed E-state index contributed by atoms with van der Waals surface area (Å²) in [5.41, 5.74) is 6.06. The highest BCUT2D eigenvalue weighted by molar-refractivity contribution is 5.52. The van der Waals surface area contributed by atoms with Crippen LogP contribution in [0.4, 0.5) is 10.1 Å². The minimum Gasteiger partial charge on any atom is -0.488 e. The molecule has 0 radical (unpaired) electrons. The highest BCUT2D eigenvalue weighted by atomic mass is 19.1. The molecule has 94 valence electrons. The normalized spacial score (nSPS) is 18.2. The molecule has 1 aliphatic heterocycles. The minimum absolute atomic E-state index is 0.200. The molecular formula is C13H19FN2O. The van der Waals surface area contributed by atoms with E-state index in [2.05, 4.69) is 11.9 Å². The third-order valence-corrected chi connectivity index (χ3v) is 3.30. The van der Waals surface area contributed by atoms with E-state index < -0.39 is 0 Å². The van der Waals surface area contributed by atoms with Gasteiger partial charge in [-0.25, -0.2) is 4.39 Å². The Bertz CT molecular complexity index is 355. The van der Waals surface area contributed by atoms with Gasteiger partial charge in [-0.15, -0.1) is 0 Å². The van der Waals surface area contributed by atoms with Crippen molar-refractivity contribution in [3.05, 3.63) is 24.0 Å². The number of ether oxygens (including phenoxy) is 1. The molecule has 1 aromatic rings. The molecule has 4 heteroatoms. The van der Waals surface area contributed by atoms with E-state index in [1.807, 2.05) is 0 Å². The Morgan fingerprint density at radius 2 is 2.12 bits per heavy atom. The molecule has 1 heterocycles. The Balaban J connectivity index is 1.89. The van der Waals surface area contributed by atoms with E-state index in [0.717, 1.165) is 25.9 Å². The molecular weight excluding hydrogens is 219 g/mol. The quantitative estimate of drug-likeness (QED) is 0.820. The number of benzene rings is 1. The number of nitrogens with two attached hydrogens (primary N) is 1. The van der Waals surface area contributed by atoms with Crippen LogP contribution in [-0.2, 0) is 0 Å². The zero-order valence-corrected chi connectivity index (χ0v) is 10.2. The summed E-state index contributed by atoms with van der Waals surface area (Å²) in [5.74, 6) is 0.328. The van der Waals surface area contributed by atoms with Crippen LogP contribution >= 0.6 is 0 Å². The van der Waals surface area contributed by atoms with E-state index in [4.69, 9.17) is 10.5 Å². The summed E-state index contributed by atoms with van der Waals surface area (Å²) in [6.45, 7) is 2.72. The van der Waals surface area contributed by atoms with E-state index in [0.29, 0.717) is 18.2 Å². The number of hydrogen-bond acceptors (Lipinski definition) is 3. The summed E-state index contributed by atoms with van der Waals surface area (Å²) in [4.78, 5) is 2.30. The lowest BCUT2D eigenvalue weighted by Crippen LogP contribution is -2.32. The fourth-order valence-electron chi connectivity index (χ4n) is 2.11. The van der Waals surface area contributed by atoms with Crippen LogP contribution in [-0.4, -0.2) is 31.6 Å². The molecule has 0 bridgehead atoms. The van der Waals surface area contributed by atoms with Crippen LogP contribution < -0.4 is 10.5 Å². The van der Waals surface area contributed by atoms with Gasteiger partial charge in [0.25, 0.3) is 0 Å². The number of hydrogen-bond donors (Lipinski definition) is 1. The molecule has 0 atom stereocenters. The lowest BCUT2D eigenvalue weighted by molar-refractivity contribution is 0.157. The summed E-state index contributed by atoms with van der Waals surface area (Å²) in [6, 6.07) is 4.63. The van der Waals surface area contributed by atoms with Crippen LogP contribution in [0.15, 0.2) is 18.2 Å². The summed E-state index contributed by atoms with van der Waals surface area (Å²) in [7, 11) is 2.12. The molecule has 1 fully saturated rings. The fraction of sp³-hybridized carbons (Fsp3) is 0.538. The summed E-state index contributed by atoms with van der Waals surface area (Å²) in [6.07, 6.45) is 2.20. The van der Waals surface area contributed by atoms with Gasteiger partial charge in [-0.3, -0.25) is 0 Å². The Morgan fingerprint density at radius 1 is 1.41 bits per heavy atom. The maximum Gasteiger partial charge on any atom is 0.177 e. The Kier molecular flexibility index (Phi) is 3.84. The SMILES string of the molecule is CN1CCC(COc2c(N)cccc2F)CC1. The molecule has 0 spiro atoms. The van der Waals surface area contributed by atoms with Crippen LogP contribution in [0, 0.1) is 11.7 Å². The van der Waals surface area contributed by atoms with Crippen molar-refractivity contribution in [1.82, 2.24) is 4.90 Å². The standard InChI is InChI=1S/C13H19FN2O/c1-16-7-5-10(6-8-16)9-17-13-11(14)3-2-4-12(13)15/h2-4,10H,5-9,15H2,1H3. The lowest BCUT2D eigenvalue weighted by atomic mass is 9.98. The van der Waals surface area contributed by atoms with Gasteiger partial charge in [-0.1, -0.05) is 6.07 Å². The number of halogens is 1. The number of anilines is 1. The first-order valence-electron chi connectivity index (χ1n) is 6.02. The van der Waals surface area contributed by atoms with Gasteiger partial charge in [-0.2, -0.15) is 0 Å². The highest BCUT2D eigenvalue weighted by Gasteiger charge is 2.18. The largest absolute Gasteiger partial charge is 0.488 e. The molecule has 1 aromatic carbocycles. The van der Waals surface area contributed by atoms with Crippen LogP contribution in [0.3, 0.4) is 0 Å². The fourth-order valence-corrected chi connectivity index (χ4v) is 2.11. The second-order valence-electron chi connectivity index (χ2n) is 4.72. The van der Waals surface area contributed by atoms with Crippen molar-refractivity contribution in [3.63, 3.8) is 0 Å². The van der Waals surface area contributed by atoms with E-state index in [9.17, 15) is 4.39 Å². The van der Waals surface area contributed by atoms with Crippen LogP contribution in [0.5, 0.6) is 5.75 Å². The number of nitrogens with zero attached hydrogens (tertiary/aromatic N) is 1. The van der Waals surface area contributed by atoms with Gasteiger partial charge in [0.2, 0.25) is 0 Å². The average Bonchev–Trinajstić information content (AvgIpc) is 2.31. The van der Waals surface area contributed by atoms with Crippen molar-refractivity contribution in [2.75, 3.05) is 32.5 Å². The van der Waals surface area contributed by atoms with Crippen LogP contribution in [0.25, 0.3) is 0 Å². The molecule has 0 aromatic heterocycles. The van der Waals surface area contributed by atoms with Crippen LogP contribution in [0.2, 0.25) is 0 Å². The Hall–Kier alpha value is -1.29. The second-order valence-corrected chi connectivity index (χ2v) is 4.72. The monoisotopic (exact) mass is 238 g/mol. The number of nitrogen functional groups attached to an aromatic ring is 1. The molecule has 1 aliphatic rings. The first kappa shape index (κ1) is 12.2. The lowest BCUT2D eigenvalue weighted by Gasteiger charge is -2.28. The molecule has 17 heavy (non-hydrogen) atoms. The predicted molar refractivity (Wildman–Crippen MR) is 66.5 cm³/mol. The van der Waals surface area contributed by atoms with Gasteiger partial charge < -0.3 is 15.4 Å². The van der Waals surface area contributed by atoms with E-state index in [1.165, 1.54) is 6.07 Å². The maximum absolute atomic E-state index is 13.5. The van der Waals surface area contributed by atoms with Crippen molar-refractivity contribution in [2.24, 2.45) is 5.92 Å². The predicted octanol–water partition coefficient (Wildman–Crippen LogP) is 2.13. The maximum atomic E-state index is 13.5. The zero-order chi connectivity index (χ0) is 12.3. The smallest absolute Gasteiger partial charge is 0.177 e.